The third-order valence-electron chi connectivity index (χ3n) is 3.06. The molecule has 4 heteroatoms. The minimum atomic E-state index is 0.260. The Hall–Kier alpha value is -0.840. The quantitative estimate of drug-likeness (QED) is 0.853. The van der Waals surface area contributed by atoms with E-state index in [1.54, 1.807) is 18.4 Å². The minimum absolute atomic E-state index is 0.260. The number of hydrogen-bond acceptors (Lipinski definition) is 3. The van der Waals surface area contributed by atoms with Crippen molar-refractivity contribution in [3.63, 3.8) is 0 Å². The van der Waals surface area contributed by atoms with Crippen LogP contribution in [0.3, 0.4) is 0 Å². The second kappa shape index (κ2) is 6.55. The zero-order valence-electron chi connectivity index (χ0n) is 11.4. The Morgan fingerprint density at radius 2 is 2.16 bits per heavy atom. The number of thiophene rings is 1. The summed E-state index contributed by atoms with van der Waals surface area (Å²) in [6.45, 7) is 5.14. The minimum Gasteiger partial charge on any atom is -0.496 e. The largest absolute Gasteiger partial charge is 0.496 e. The molecule has 1 unspecified atom stereocenters. The smallest absolute Gasteiger partial charge is 0.123 e. The second-order valence-electron chi connectivity index (χ2n) is 4.58. The first-order valence-electron chi connectivity index (χ1n) is 6.21. The molecule has 102 valence electrons. The standard InChI is InChI=1S/C15H18BrNOS/c1-10-4-5-15(18-3)14(6-10)11(2)17-8-13-7-12(16)9-19-13/h4-7,9,11,17H,8H2,1-3H3. The molecule has 1 atom stereocenters. The Labute approximate surface area is 126 Å². The molecule has 0 aliphatic carbocycles. The molecule has 0 aliphatic heterocycles. The molecule has 2 aromatic rings. The van der Waals surface area contributed by atoms with Gasteiger partial charge in [0.25, 0.3) is 0 Å². The number of halogens is 1. The van der Waals surface area contributed by atoms with Crippen LogP contribution >= 0.6 is 27.3 Å². The van der Waals surface area contributed by atoms with Gasteiger partial charge < -0.3 is 10.1 Å². The SMILES string of the molecule is COc1ccc(C)cc1C(C)NCc1cc(Br)cs1. The van der Waals surface area contributed by atoms with Crippen LogP contribution in [0, 0.1) is 6.92 Å². The third kappa shape index (κ3) is 3.81. The number of rotatable bonds is 5. The second-order valence-corrected chi connectivity index (χ2v) is 6.49. The van der Waals surface area contributed by atoms with Crippen molar-refractivity contribution in [2.45, 2.75) is 26.4 Å². The third-order valence-corrected chi connectivity index (χ3v) is 4.75. The van der Waals surface area contributed by atoms with Crippen LogP contribution < -0.4 is 10.1 Å². The van der Waals surface area contributed by atoms with E-state index in [9.17, 15) is 0 Å². The summed E-state index contributed by atoms with van der Waals surface area (Å²) < 4.78 is 6.58. The number of aryl methyl sites for hydroxylation is 1. The van der Waals surface area contributed by atoms with Crippen molar-refractivity contribution in [3.8, 4) is 5.75 Å². The number of methoxy groups -OCH3 is 1. The van der Waals surface area contributed by atoms with E-state index in [1.165, 1.54) is 16.0 Å². The van der Waals surface area contributed by atoms with E-state index in [0.29, 0.717) is 0 Å². The summed E-state index contributed by atoms with van der Waals surface area (Å²) in [5, 5.41) is 5.65. The maximum Gasteiger partial charge on any atom is 0.123 e. The van der Waals surface area contributed by atoms with Crippen LogP contribution in [0.5, 0.6) is 5.75 Å². The summed E-state index contributed by atoms with van der Waals surface area (Å²) in [6.07, 6.45) is 0. The molecule has 0 spiro atoms. The summed E-state index contributed by atoms with van der Waals surface area (Å²) in [5.74, 6) is 0.943. The first-order valence-corrected chi connectivity index (χ1v) is 7.88. The van der Waals surface area contributed by atoms with Gasteiger partial charge in [-0.05, 0) is 41.9 Å². The maximum absolute atomic E-state index is 5.43. The number of hydrogen-bond donors (Lipinski definition) is 1. The van der Waals surface area contributed by atoms with Crippen LogP contribution in [-0.2, 0) is 6.54 Å². The van der Waals surface area contributed by atoms with Crippen molar-refractivity contribution in [1.82, 2.24) is 5.32 Å². The first kappa shape index (κ1) is 14.6. The average molecular weight is 340 g/mol. The Balaban J connectivity index is 2.06. The number of benzene rings is 1. The molecule has 1 aromatic carbocycles. The molecule has 2 nitrogen and oxygen atoms in total. The molecule has 0 aliphatic rings. The zero-order chi connectivity index (χ0) is 13.8. The van der Waals surface area contributed by atoms with Crippen LogP contribution in [0.1, 0.15) is 29.0 Å². The van der Waals surface area contributed by atoms with Gasteiger partial charge >= 0.3 is 0 Å². The van der Waals surface area contributed by atoms with Gasteiger partial charge in [0.15, 0.2) is 0 Å². The summed E-state index contributed by atoms with van der Waals surface area (Å²) >= 11 is 5.24. The van der Waals surface area contributed by atoms with E-state index < -0.39 is 0 Å². The van der Waals surface area contributed by atoms with Gasteiger partial charge in [-0.2, -0.15) is 0 Å². The molecule has 1 N–H and O–H groups in total. The molecule has 0 radical (unpaired) electrons. The van der Waals surface area contributed by atoms with Gasteiger partial charge in [0.2, 0.25) is 0 Å². The maximum atomic E-state index is 5.43. The molecule has 1 aromatic heterocycles. The lowest BCUT2D eigenvalue weighted by Crippen LogP contribution is -2.18. The van der Waals surface area contributed by atoms with Crippen LogP contribution in [-0.4, -0.2) is 7.11 Å². The Morgan fingerprint density at radius 3 is 2.79 bits per heavy atom. The topological polar surface area (TPSA) is 21.3 Å². The van der Waals surface area contributed by atoms with E-state index in [-0.39, 0.29) is 6.04 Å². The highest BCUT2D eigenvalue weighted by atomic mass is 79.9. The molecule has 2 rings (SSSR count). The highest BCUT2D eigenvalue weighted by Gasteiger charge is 2.11. The van der Waals surface area contributed by atoms with Gasteiger partial charge in [0.05, 0.1) is 7.11 Å². The molecule has 0 saturated heterocycles. The zero-order valence-corrected chi connectivity index (χ0v) is 13.8. The van der Waals surface area contributed by atoms with E-state index in [0.717, 1.165) is 16.8 Å². The van der Waals surface area contributed by atoms with Crippen LogP contribution in [0.4, 0.5) is 0 Å². The van der Waals surface area contributed by atoms with Crippen LogP contribution in [0.2, 0.25) is 0 Å². The van der Waals surface area contributed by atoms with Gasteiger partial charge in [-0.15, -0.1) is 11.3 Å². The van der Waals surface area contributed by atoms with Gasteiger partial charge in [-0.25, -0.2) is 0 Å². The van der Waals surface area contributed by atoms with Gasteiger partial charge in [-0.1, -0.05) is 17.7 Å². The van der Waals surface area contributed by atoms with Crippen molar-refractivity contribution in [3.05, 3.63) is 50.1 Å². The summed E-state index contributed by atoms with van der Waals surface area (Å²) in [7, 11) is 1.72. The molecule has 1 heterocycles. The van der Waals surface area contributed by atoms with Crippen molar-refractivity contribution in [2.75, 3.05) is 7.11 Å². The van der Waals surface area contributed by atoms with Gasteiger partial charge in [-0.3, -0.25) is 0 Å². The monoisotopic (exact) mass is 339 g/mol. The first-order chi connectivity index (χ1) is 9.10. The summed E-state index contributed by atoms with van der Waals surface area (Å²) in [4.78, 5) is 1.32. The predicted molar refractivity (Wildman–Crippen MR) is 85.0 cm³/mol. The Morgan fingerprint density at radius 1 is 1.37 bits per heavy atom. The van der Waals surface area contributed by atoms with Crippen molar-refractivity contribution in [2.24, 2.45) is 0 Å². The lowest BCUT2D eigenvalue weighted by Gasteiger charge is -2.17. The molecule has 0 amide bonds. The molecular formula is C15H18BrNOS. The van der Waals surface area contributed by atoms with Crippen LogP contribution in [0.25, 0.3) is 0 Å². The highest BCUT2D eigenvalue weighted by Crippen LogP contribution is 2.27. The van der Waals surface area contributed by atoms with E-state index >= 15 is 0 Å². The average Bonchev–Trinajstić information content (AvgIpc) is 2.81. The summed E-state index contributed by atoms with van der Waals surface area (Å²) in [5.41, 5.74) is 2.46. The fourth-order valence-electron chi connectivity index (χ4n) is 2.00. The van der Waals surface area contributed by atoms with Gasteiger partial charge in [0, 0.05) is 32.9 Å². The van der Waals surface area contributed by atoms with Crippen molar-refractivity contribution in [1.29, 1.82) is 0 Å². The molecule has 19 heavy (non-hydrogen) atoms. The molecule has 0 saturated carbocycles. The number of nitrogens with one attached hydrogen (secondary N) is 1. The van der Waals surface area contributed by atoms with Crippen molar-refractivity contribution < 1.29 is 4.74 Å². The lowest BCUT2D eigenvalue weighted by molar-refractivity contribution is 0.401. The number of ether oxygens (including phenoxy) is 1. The Kier molecular flexibility index (Phi) is 5.02. The Bertz CT molecular complexity index is 553. The summed E-state index contributed by atoms with van der Waals surface area (Å²) in [6, 6.07) is 8.70. The lowest BCUT2D eigenvalue weighted by atomic mass is 10.0. The normalized spacial score (nSPS) is 12.4. The van der Waals surface area contributed by atoms with E-state index in [4.69, 9.17) is 4.74 Å². The predicted octanol–water partition coefficient (Wildman–Crippen LogP) is 4.68. The van der Waals surface area contributed by atoms with E-state index in [2.05, 4.69) is 58.7 Å². The molecule has 0 fully saturated rings. The molecular weight excluding hydrogens is 322 g/mol. The van der Waals surface area contributed by atoms with Gasteiger partial charge in [0.1, 0.15) is 5.75 Å². The van der Waals surface area contributed by atoms with Crippen molar-refractivity contribution >= 4 is 27.3 Å². The fourth-order valence-corrected chi connectivity index (χ4v) is 3.40. The van der Waals surface area contributed by atoms with E-state index in [1.807, 2.05) is 6.07 Å². The fraction of sp³-hybridized carbons (Fsp3) is 0.333. The van der Waals surface area contributed by atoms with Crippen LogP contribution in [0.15, 0.2) is 34.1 Å². The molecule has 0 bridgehead atoms. The highest BCUT2D eigenvalue weighted by molar-refractivity contribution is 9.10.